The highest BCUT2D eigenvalue weighted by atomic mass is 35.5. The lowest BCUT2D eigenvalue weighted by Crippen LogP contribution is -2.05. The second kappa shape index (κ2) is 5.89. The molecule has 2 rings (SSSR count). The van der Waals surface area contributed by atoms with E-state index in [4.69, 9.17) is 16.3 Å². The molecule has 19 heavy (non-hydrogen) atoms. The minimum atomic E-state index is -0.388. The van der Waals surface area contributed by atoms with E-state index in [1.807, 2.05) is 37.3 Å². The number of hydrogen-bond donors (Lipinski definition) is 0. The zero-order chi connectivity index (χ0) is 13.8. The van der Waals surface area contributed by atoms with Crippen LogP contribution in [0.1, 0.15) is 22.8 Å². The van der Waals surface area contributed by atoms with E-state index in [0.29, 0.717) is 17.2 Å². The van der Waals surface area contributed by atoms with Gasteiger partial charge < -0.3 is 4.74 Å². The standard InChI is InChI=1S/C16H15ClO2/c1-3-19-16(18)14-10-13(8-9-15(14)17)12-6-4-11(2)5-7-12/h4-10H,3H2,1-2H3. The lowest BCUT2D eigenvalue weighted by Gasteiger charge is -2.07. The van der Waals surface area contributed by atoms with E-state index in [2.05, 4.69) is 0 Å². The van der Waals surface area contributed by atoms with Crippen molar-refractivity contribution in [1.29, 1.82) is 0 Å². The molecule has 0 heterocycles. The van der Waals surface area contributed by atoms with Gasteiger partial charge in [0, 0.05) is 0 Å². The molecule has 2 aromatic rings. The molecule has 0 aliphatic rings. The smallest absolute Gasteiger partial charge is 0.339 e. The van der Waals surface area contributed by atoms with Crippen LogP contribution in [0.5, 0.6) is 0 Å². The number of rotatable bonds is 3. The monoisotopic (exact) mass is 274 g/mol. The number of aryl methyl sites for hydroxylation is 1. The largest absolute Gasteiger partial charge is 0.462 e. The highest BCUT2D eigenvalue weighted by molar-refractivity contribution is 6.33. The number of hydrogen-bond acceptors (Lipinski definition) is 2. The Morgan fingerprint density at radius 3 is 2.37 bits per heavy atom. The van der Waals surface area contributed by atoms with E-state index in [1.54, 1.807) is 19.1 Å². The zero-order valence-electron chi connectivity index (χ0n) is 10.9. The third-order valence-corrected chi connectivity index (χ3v) is 3.18. The fourth-order valence-corrected chi connectivity index (χ4v) is 2.01. The molecule has 3 heteroatoms. The lowest BCUT2D eigenvalue weighted by molar-refractivity contribution is 0.0526. The van der Waals surface area contributed by atoms with Crippen LogP contribution in [-0.4, -0.2) is 12.6 Å². The number of ether oxygens (including phenoxy) is 1. The molecule has 98 valence electrons. The summed E-state index contributed by atoms with van der Waals surface area (Å²) in [5, 5.41) is 0.411. The van der Waals surface area contributed by atoms with Crippen molar-refractivity contribution in [3.8, 4) is 11.1 Å². The van der Waals surface area contributed by atoms with Gasteiger partial charge in [0.1, 0.15) is 0 Å². The van der Waals surface area contributed by atoms with Crippen molar-refractivity contribution in [2.45, 2.75) is 13.8 Å². The molecule has 0 aromatic heterocycles. The topological polar surface area (TPSA) is 26.3 Å². The average Bonchev–Trinajstić information content (AvgIpc) is 2.40. The summed E-state index contributed by atoms with van der Waals surface area (Å²) in [5.74, 6) is -0.388. The van der Waals surface area contributed by atoms with Gasteiger partial charge in [0.15, 0.2) is 0 Å². The van der Waals surface area contributed by atoms with Crippen LogP contribution < -0.4 is 0 Å². The Labute approximate surface area is 118 Å². The molecule has 2 aromatic carbocycles. The van der Waals surface area contributed by atoms with Crippen molar-refractivity contribution in [2.75, 3.05) is 6.61 Å². The van der Waals surface area contributed by atoms with Crippen molar-refractivity contribution in [1.82, 2.24) is 0 Å². The zero-order valence-corrected chi connectivity index (χ0v) is 11.7. The van der Waals surface area contributed by atoms with Crippen molar-refractivity contribution in [3.05, 3.63) is 58.6 Å². The van der Waals surface area contributed by atoms with Crippen LogP contribution in [-0.2, 0) is 4.74 Å². The van der Waals surface area contributed by atoms with Crippen LogP contribution in [0, 0.1) is 6.92 Å². The first-order valence-electron chi connectivity index (χ1n) is 6.15. The molecule has 0 spiro atoms. The molecule has 0 unspecified atom stereocenters. The summed E-state index contributed by atoms with van der Waals surface area (Å²) in [5.41, 5.74) is 3.60. The second-order valence-corrected chi connectivity index (χ2v) is 4.69. The summed E-state index contributed by atoms with van der Waals surface area (Å²) < 4.78 is 5.00. The lowest BCUT2D eigenvalue weighted by atomic mass is 10.0. The fraction of sp³-hybridized carbons (Fsp3) is 0.188. The van der Waals surface area contributed by atoms with Gasteiger partial charge >= 0.3 is 5.97 Å². The summed E-state index contributed by atoms with van der Waals surface area (Å²) in [6, 6.07) is 13.5. The van der Waals surface area contributed by atoms with Gasteiger partial charge in [-0.1, -0.05) is 47.5 Å². The van der Waals surface area contributed by atoms with Gasteiger partial charge in [-0.15, -0.1) is 0 Å². The highest BCUT2D eigenvalue weighted by Gasteiger charge is 2.12. The number of benzene rings is 2. The normalized spacial score (nSPS) is 10.3. The fourth-order valence-electron chi connectivity index (χ4n) is 1.82. The molecule has 0 aliphatic heterocycles. The van der Waals surface area contributed by atoms with Crippen LogP contribution in [0.2, 0.25) is 5.02 Å². The van der Waals surface area contributed by atoms with Crippen LogP contribution >= 0.6 is 11.6 Å². The van der Waals surface area contributed by atoms with Crippen molar-refractivity contribution in [2.24, 2.45) is 0 Å². The molecule has 0 fully saturated rings. The Balaban J connectivity index is 2.40. The molecule has 0 amide bonds. The van der Waals surface area contributed by atoms with Gasteiger partial charge in [-0.3, -0.25) is 0 Å². The Morgan fingerprint density at radius 1 is 1.11 bits per heavy atom. The summed E-state index contributed by atoms with van der Waals surface area (Å²) in [6.07, 6.45) is 0. The Kier molecular flexibility index (Phi) is 4.23. The molecular formula is C16H15ClO2. The Hall–Kier alpha value is -1.80. The van der Waals surface area contributed by atoms with Crippen LogP contribution in [0.15, 0.2) is 42.5 Å². The van der Waals surface area contributed by atoms with Gasteiger partial charge in [-0.05, 0) is 37.1 Å². The molecule has 0 bridgehead atoms. The predicted octanol–water partition coefficient (Wildman–Crippen LogP) is 4.49. The van der Waals surface area contributed by atoms with Crippen LogP contribution in [0.3, 0.4) is 0 Å². The third-order valence-electron chi connectivity index (χ3n) is 2.85. The maximum Gasteiger partial charge on any atom is 0.339 e. The van der Waals surface area contributed by atoms with Gasteiger partial charge in [-0.25, -0.2) is 4.79 Å². The van der Waals surface area contributed by atoms with E-state index in [1.165, 1.54) is 5.56 Å². The van der Waals surface area contributed by atoms with Crippen molar-refractivity contribution in [3.63, 3.8) is 0 Å². The first-order valence-corrected chi connectivity index (χ1v) is 6.53. The van der Waals surface area contributed by atoms with E-state index in [0.717, 1.165) is 11.1 Å². The molecule has 0 atom stereocenters. The molecule has 0 aliphatic carbocycles. The maximum atomic E-state index is 11.8. The number of halogens is 1. The van der Waals surface area contributed by atoms with Gasteiger partial charge in [0.25, 0.3) is 0 Å². The van der Waals surface area contributed by atoms with Crippen molar-refractivity contribution < 1.29 is 9.53 Å². The predicted molar refractivity (Wildman–Crippen MR) is 77.6 cm³/mol. The first kappa shape index (κ1) is 13.6. The molecule has 2 nitrogen and oxygen atoms in total. The molecule has 0 saturated carbocycles. The van der Waals surface area contributed by atoms with E-state index < -0.39 is 0 Å². The Morgan fingerprint density at radius 2 is 1.74 bits per heavy atom. The Bertz CT molecular complexity index is 588. The van der Waals surface area contributed by atoms with Gasteiger partial charge in [-0.2, -0.15) is 0 Å². The molecule has 0 N–H and O–H groups in total. The highest BCUT2D eigenvalue weighted by Crippen LogP contribution is 2.26. The minimum absolute atomic E-state index is 0.337. The van der Waals surface area contributed by atoms with Crippen molar-refractivity contribution >= 4 is 17.6 Å². The van der Waals surface area contributed by atoms with Crippen LogP contribution in [0.25, 0.3) is 11.1 Å². The maximum absolute atomic E-state index is 11.8. The SMILES string of the molecule is CCOC(=O)c1cc(-c2ccc(C)cc2)ccc1Cl. The molecular weight excluding hydrogens is 260 g/mol. The van der Waals surface area contributed by atoms with Gasteiger partial charge in [0.2, 0.25) is 0 Å². The molecule has 0 saturated heterocycles. The quantitative estimate of drug-likeness (QED) is 0.771. The van der Waals surface area contributed by atoms with E-state index in [-0.39, 0.29) is 5.97 Å². The van der Waals surface area contributed by atoms with Crippen LogP contribution in [0.4, 0.5) is 0 Å². The molecule has 0 radical (unpaired) electrons. The number of carbonyl (C=O) groups excluding carboxylic acids is 1. The van der Waals surface area contributed by atoms with E-state index >= 15 is 0 Å². The third kappa shape index (κ3) is 3.15. The number of esters is 1. The van der Waals surface area contributed by atoms with E-state index in [9.17, 15) is 4.79 Å². The minimum Gasteiger partial charge on any atom is -0.462 e. The summed E-state index contributed by atoms with van der Waals surface area (Å²) >= 11 is 6.04. The summed E-state index contributed by atoms with van der Waals surface area (Å²) in [6.45, 7) is 4.15. The summed E-state index contributed by atoms with van der Waals surface area (Å²) in [4.78, 5) is 11.8. The van der Waals surface area contributed by atoms with Gasteiger partial charge in [0.05, 0.1) is 17.2 Å². The second-order valence-electron chi connectivity index (χ2n) is 4.28. The average molecular weight is 275 g/mol. The first-order chi connectivity index (χ1) is 9.11. The summed E-state index contributed by atoms with van der Waals surface area (Å²) in [7, 11) is 0. The number of carbonyl (C=O) groups is 1.